The number of thioether (sulfide) groups is 1. The number of methoxy groups -OCH3 is 2. The zero-order chi connectivity index (χ0) is 18.3. The first-order chi connectivity index (χ1) is 12.6. The van der Waals surface area contributed by atoms with Crippen molar-refractivity contribution >= 4 is 35.0 Å². The molecule has 0 bridgehead atoms. The number of hydrogen-bond acceptors (Lipinski definition) is 7. The molecule has 1 amide bonds. The molecule has 0 saturated carbocycles. The van der Waals surface area contributed by atoms with E-state index in [2.05, 4.69) is 15.8 Å². The quantitative estimate of drug-likeness (QED) is 0.829. The molecule has 1 fully saturated rings. The summed E-state index contributed by atoms with van der Waals surface area (Å²) in [5.41, 5.74) is 7.42. The minimum absolute atomic E-state index is 0.147. The van der Waals surface area contributed by atoms with Gasteiger partial charge in [-0.3, -0.25) is 10.2 Å². The van der Waals surface area contributed by atoms with Gasteiger partial charge in [0.15, 0.2) is 5.50 Å². The molecule has 26 heavy (non-hydrogen) atoms. The zero-order valence-corrected chi connectivity index (χ0v) is 15.7. The molecule has 2 heterocycles. The van der Waals surface area contributed by atoms with E-state index in [1.807, 2.05) is 12.1 Å². The molecule has 1 saturated heterocycles. The van der Waals surface area contributed by atoms with E-state index in [4.69, 9.17) is 21.1 Å². The zero-order valence-electron chi connectivity index (χ0n) is 14.2. The molecular formula is C17H17ClN4O3S. The lowest BCUT2D eigenvalue weighted by Crippen LogP contribution is -2.50. The second-order valence-electron chi connectivity index (χ2n) is 5.70. The summed E-state index contributed by atoms with van der Waals surface area (Å²) in [6.07, 6.45) is 0. The summed E-state index contributed by atoms with van der Waals surface area (Å²) in [7, 11) is 3.29. The molecule has 0 aliphatic carbocycles. The summed E-state index contributed by atoms with van der Waals surface area (Å²) in [5.74, 6) is 1.33. The molecule has 4 rings (SSSR count). The van der Waals surface area contributed by atoms with Crippen molar-refractivity contribution in [1.29, 1.82) is 0 Å². The Balaban J connectivity index is 1.56. The fraction of sp³-hybridized carbons (Fsp3) is 0.235. The molecular weight excluding hydrogens is 376 g/mol. The molecule has 2 aromatic rings. The second-order valence-corrected chi connectivity index (χ2v) is 7.20. The molecule has 2 N–H and O–H groups in total. The smallest absolute Gasteiger partial charge is 0.266 e. The number of carbonyl (C=O) groups excluding carboxylic acids is 1. The van der Waals surface area contributed by atoms with Crippen molar-refractivity contribution in [2.24, 2.45) is 0 Å². The van der Waals surface area contributed by atoms with E-state index in [0.717, 1.165) is 22.1 Å². The van der Waals surface area contributed by atoms with Crippen LogP contribution in [0.2, 0.25) is 5.02 Å². The Kier molecular flexibility index (Phi) is 4.58. The highest BCUT2D eigenvalue weighted by Gasteiger charge is 2.43. The van der Waals surface area contributed by atoms with Crippen molar-refractivity contribution < 1.29 is 14.3 Å². The first-order valence-electron chi connectivity index (χ1n) is 7.90. The topological polar surface area (TPSA) is 66.1 Å². The fourth-order valence-electron chi connectivity index (χ4n) is 2.98. The first kappa shape index (κ1) is 17.3. The molecule has 0 radical (unpaired) electrons. The van der Waals surface area contributed by atoms with E-state index in [0.29, 0.717) is 17.3 Å². The number of fused-ring (bicyclic) bond motifs is 3. The van der Waals surface area contributed by atoms with Gasteiger partial charge in [0.25, 0.3) is 5.91 Å². The first-order valence-corrected chi connectivity index (χ1v) is 9.15. The van der Waals surface area contributed by atoms with Gasteiger partial charge in [0.05, 0.1) is 25.8 Å². The van der Waals surface area contributed by atoms with Gasteiger partial charge in [-0.2, -0.15) is 0 Å². The molecule has 2 aliphatic heterocycles. The number of carbonyl (C=O) groups is 1. The Bertz CT molecular complexity index is 849. The van der Waals surface area contributed by atoms with Crippen LogP contribution in [0, 0.1) is 0 Å². The number of nitrogens with one attached hydrogen (secondary N) is 2. The fourth-order valence-corrected chi connectivity index (χ4v) is 4.45. The van der Waals surface area contributed by atoms with Gasteiger partial charge < -0.3 is 14.4 Å². The Morgan fingerprint density at radius 2 is 1.88 bits per heavy atom. The Hall–Kier alpha value is -2.13. The number of benzene rings is 2. The normalized spacial score (nSPS) is 18.4. The lowest BCUT2D eigenvalue weighted by Gasteiger charge is -2.23. The highest BCUT2D eigenvalue weighted by atomic mass is 35.5. The van der Waals surface area contributed by atoms with Crippen LogP contribution in [-0.2, 0) is 0 Å². The van der Waals surface area contributed by atoms with Gasteiger partial charge in [-0.1, -0.05) is 23.4 Å². The summed E-state index contributed by atoms with van der Waals surface area (Å²) in [5, 5.41) is 2.29. The number of hydrazine groups is 2. The van der Waals surface area contributed by atoms with Crippen LogP contribution < -0.4 is 25.2 Å². The summed E-state index contributed by atoms with van der Waals surface area (Å²) >= 11 is 7.46. The van der Waals surface area contributed by atoms with Gasteiger partial charge >= 0.3 is 0 Å². The van der Waals surface area contributed by atoms with E-state index < -0.39 is 0 Å². The predicted octanol–water partition coefficient (Wildman–Crippen LogP) is 2.68. The largest absolute Gasteiger partial charge is 0.495 e. The Labute approximate surface area is 160 Å². The van der Waals surface area contributed by atoms with Crippen LogP contribution in [0.25, 0.3) is 0 Å². The number of halogens is 1. The SMILES string of the molecule is COc1ccc(OC)c2c1SC1N(NC(=O)c3ccc(Cl)cc3)NCN21. The van der Waals surface area contributed by atoms with E-state index in [1.54, 1.807) is 55.4 Å². The third kappa shape index (κ3) is 2.84. The van der Waals surface area contributed by atoms with Crippen LogP contribution in [0.3, 0.4) is 0 Å². The van der Waals surface area contributed by atoms with Crippen LogP contribution in [-0.4, -0.2) is 37.4 Å². The van der Waals surface area contributed by atoms with Crippen molar-refractivity contribution in [3.63, 3.8) is 0 Å². The number of hydrogen-bond donors (Lipinski definition) is 2. The van der Waals surface area contributed by atoms with Crippen molar-refractivity contribution in [2.75, 3.05) is 25.8 Å². The summed E-state index contributed by atoms with van der Waals surface area (Å²) in [6, 6.07) is 10.5. The molecule has 0 spiro atoms. The van der Waals surface area contributed by atoms with Crippen molar-refractivity contribution in [3.8, 4) is 11.5 Å². The van der Waals surface area contributed by atoms with E-state index in [9.17, 15) is 4.79 Å². The molecule has 1 atom stereocenters. The maximum absolute atomic E-state index is 12.5. The maximum Gasteiger partial charge on any atom is 0.266 e. The molecule has 1 unspecified atom stereocenters. The minimum atomic E-state index is -0.216. The summed E-state index contributed by atoms with van der Waals surface area (Å²) < 4.78 is 11.0. The molecule has 136 valence electrons. The maximum atomic E-state index is 12.5. The number of nitrogens with zero attached hydrogens (tertiary/aromatic N) is 2. The van der Waals surface area contributed by atoms with Crippen molar-refractivity contribution in [1.82, 2.24) is 16.0 Å². The molecule has 2 aliphatic rings. The lowest BCUT2D eigenvalue weighted by molar-refractivity contribution is 0.0731. The molecule has 7 nitrogen and oxygen atoms in total. The monoisotopic (exact) mass is 392 g/mol. The van der Waals surface area contributed by atoms with Crippen LogP contribution >= 0.6 is 23.4 Å². The van der Waals surface area contributed by atoms with Gasteiger partial charge in [-0.15, -0.1) is 5.12 Å². The van der Waals surface area contributed by atoms with E-state index in [1.165, 1.54) is 0 Å². The Morgan fingerprint density at radius 3 is 2.58 bits per heavy atom. The van der Waals surface area contributed by atoms with Crippen molar-refractivity contribution in [3.05, 3.63) is 47.0 Å². The van der Waals surface area contributed by atoms with E-state index >= 15 is 0 Å². The van der Waals surface area contributed by atoms with Gasteiger partial charge in [-0.05, 0) is 36.4 Å². The van der Waals surface area contributed by atoms with Gasteiger partial charge in [0.2, 0.25) is 0 Å². The third-order valence-corrected chi connectivity index (χ3v) is 5.79. The number of rotatable bonds is 4. The van der Waals surface area contributed by atoms with Crippen molar-refractivity contribution in [2.45, 2.75) is 10.4 Å². The highest BCUT2D eigenvalue weighted by Crippen LogP contribution is 2.54. The van der Waals surface area contributed by atoms with Crippen LogP contribution in [0.4, 0.5) is 5.69 Å². The summed E-state index contributed by atoms with van der Waals surface area (Å²) in [6.45, 7) is 0.537. The van der Waals surface area contributed by atoms with Gasteiger partial charge in [0, 0.05) is 10.6 Å². The molecule has 0 aromatic heterocycles. The minimum Gasteiger partial charge on any atom is -0.495 e. The Morgan fingerprint density at radius 1 is 1.19 bits per heavy atom. The number of anilines is 1. The average molecular weight is 393 g/mol. The molecule has 9 heteroatoms. The van der Waals surface area contributed by atoms with E-state index in [-0.39, 0.29) is 11.4 Å². The highest BCUT2D eigenvalue weighted by molar-refractivity contribution is 8.00. The predicted molar refractivity (Wildman–Crippen MR) is 100 cm³/mol. The van der Waals surface area contributed by atoms with Gasteiger partial charge in [0.1, 0.15) is 17.2 Å². The molecule has 2 aromatic carbocycles. The van der Waals surface area contributed by atoms with Crippen LogP contribution in [0.15, 0.2) is 41.3 Å². The number of amides is 1. The van der Waals surface area contributed by atoms with Crippen LogP contribution in [0.5, 0.6) is 11.5 Å². The van der Waals surface area contributed by atoms with Gasteiger partial charge in [-0.25, -0.2) is 5.43 Å². The van der Waals surface area contributed by atoms with Crippen LogP contribution in [0.1, 0.15) is 10.4 Å². The third-order valence-electron chi connectivity index (χ3n) is 4.24. The summed E-state index contributed by atoms with van der Waals surface area (Å²) in [4.78, 5) is 15.6. The average Bonchev–Trinajstić information content (AvgIpc) is 3.21. The lowest BCUT2D eigenvalue weighted by atomic mass is 10.2. The number of ether oxygens (including phenoxy) is 2. The standard InChI is InChI=1S/C17H17ClN4O3S/c1-24-12-7-8-13(25-2)15-14(12)21-9-19-22(17(21)26-15)20-16(23)10-3-5-11(18)6-4-10/h3-8,17,19H,9H2,1-2H3,(H,20,23). The second kappa shape index (κ2) is 6.88.